The van der Waals surface area contributed by atoms with Crippen molar-refractivity contribution >= 4 is 17.3 Å². The van der Waals surface area contributed by atoms with Gasteiger partial charge >= 0.3 is 0 Å². The lowest BCUT2D eigenvalue weighted by atomic mass is 9.79. The Hall–Kier alpha value is -2.95. The smallest absolute Gasteiger partial charge is 0.256 e. The van der Waals surface area contributed by atoms with Crippen LogP contribution in [0.2, 0.25) is 0 Å². The van der Waals surface area contributed by atoms with Crippen LogP contribution in [0.3, 0.4) is 0 Å². The summed E-state index contributed by atoms with van der Waals surface area (Å²) in [4.78, 5) is 13.0. The molecule has 0 unspecified atom stereocenters. The number of nitrogens with one attached hydrogen (secondary N) is 2. The number of hydrogen-bond donors (Lipinski definition) is 3. The third-order valence-electron chi connectivity index (χ3n) is 4.96. The van der Waals surface area contributed by atoms with Crippen LogP contribution in [0.1, 0.15) is 52.7 Å². The first-order valence-electron chi connectivity index (χ1n) is 9.83. The maximum absolute atomic E-state index is 13.0. The highest BCUT2D eigenvalue weighted by molar-refractivity contribution is 6.05. The number of phenols is 1. The molecule has 0 aromatic heterocycles. The molecule has 5 nitrogen and oxygen atoms in total. The van der Waals surface area contributed by atoms with Crippen molar-refractivity contribution in [2.24, 2.45) is 0 Å². The first kappa shape index (κ1) is 20.8. The first-order valence-corrected chi connectivity index (χ1v) is 9.83. The second-order valence-corrected chi connectivity index (χ2v) is 9.47. The van der Waals surface area contributed by atoms with Crippen molar-refractivity contribution in [3.63, 3.8) is 0 Å². The van der Waals surface area contributed by atoms with Crippen LogP contribution >= 0.6 is 0 Å². The van der Waals surface area contributed by atoms with Crippen LogP contribution in [0.5, 0.6) is 11.5 Å². The van der Waals surface area contributed by atoms with E-state index < -0.39 is 0 Å². The Balaban J connectivity index is 1.91. The van der Waals surface area contributed by atoms with E-state index >= 15 is 0 Å². The van der Waals surface area contributed by atoms with Crippen molar-refractivity contribution in [3.8, 4) is 11.5 Å². The molecule has 0 fully saturated rings. The van der Waals surface area contributed by atoms with E-state index in [0.29, 0.717) is 17.0 Å². The van der Waals surface area contributed by atoms with Crippen LogP contribution in [0.15, 0.2) is 48.2 Å². The zero-order valence-electron chi connectivity index (χ0n) is 18.0. The molecule has 0 bridgehead atoms. The molecule has 29 heavy (non-hydrogen) atoms. The minimum absolute atomic E-state index is 0.159. The summed E-state index contributed by atoms with van der Waals surface area (Å²) in [5.41, 5.74) is 3.31. The summed E-state index contributed by atoms with van der Waals surface area (Å²) < 4.78 is 5.76. The number of para-hydroxylation sites is 2. The van der Waals surface area contributed by atoms with Crippen LogP contribution in [0.25, 0.3) is 0 Å². The zero-order valence-corrected chi connectivity index (χ0v) is 18.0. The number of fused-ring (bicyclic) bond motifs is 1. The van der Waals surface area contributed by atoms with Gasteiger partial charge < -0.3 is 20.5 Å². The number of amides is 1. The fraction of sp³-hybridized carbons (Fsp3) is 0.375. The quantitative estimate of drug-likeness (QED) is 0.645. The molecule has 5 heteroatoms. The van der Waals surface area contributed by atoms with Gasteiger partial charge in [0.15, 0.2) is 0 Å². The highest BCUT2D eigenvalue weighted by Crippen LogP contribution is 2.39. The van der Waals surface area contributed by atoms with Crippen LogP contribution in [-0.4, -0.2) is 17.6 Å². The van der Waals surface area contributed by atoms with E-state index in [9.17, 15) is 9.90 Å². The Kier molecular flexibility index (Phi) is 5.35. The molecule has 154 valence electrons. The third kappa shape index (κ3) is 4.56. The van der Waals surface area contributed by atoms with Gasteiger partial charge in [-0.25, -0.2) is 0 Å². The summed E-state index contributed by atoms with van der Waals surface area (Å²) in [5, 5.41) is 16.7. The number of carbonyl (C=O) groups is 1. The van der Waals surface area contributed by atoms with Gasteiger partial charge in [-0.1, -0.05) is 53.7 Å². The molecule has 3 N–H and O–H groups in total. The molecule has 0 spiro atoms. The zero-order chi connectivity index (χ0) is 21.4. The lowest BCUT2D eigenvalue weighted by molar-refractivity contribution is -0.113. The molecule has 3 rings (SSSR count). The molecule has 1 heterocycles. The van der Waals surface area contributed by atoms with Crippen LogP contribution in [0.4, 0.5) is 11.4 Å². The summed E-state index contributed by atoms with van der Waals surface area (Å²) in [7, 11) is 0. The number of aromatic hydroxyl groups is 1. The standard InChI is InChI=1S/C24H30N2O3/c1-23(2,3)16-11-17(24(4,5)6)20(27)12-19(16)26-22(28)15-13-25-18-9-7-8-10-21(18)29-14-15/h7-13,25,27H,14H2,1-6H3,(H,26,28). The van der Waals surface area contributed by atoms with Crippen molar-refractivity contribution in [3.05, 3.63) is 59.3 Å². The Bertz CT molecular complexity index is 963. The predicted octanol–water partition coefficient (Wildman–Crippen LogP) is 5.31. The summed E-state index contributed by atoms with van der Waals surface area (Å²) in [6.07, 6.45) is 1.67. The number of hydrogen-bond acceptors (Lipinski definition) is 4. The van der Waals surface area contributed by atoms with E-state index in [1.807, 2.05) is 30.3 Å². The second kappa shape index (κ2) is 7.47. The molecule has 0 atom stereocenters. The molecule has 1 amide bonds. The number of anilines is 2. The van der Waals surface area contributed by atoms with Crippen LogP contribution in [0, 0.1) is 0 Å². The summed E-state index contributed by atoms with van der Waals surface area (Å²) in [6.45, 7) is 12.6. The number of carbonyl (C=O) groups excluding carboxylic acids is 1. The van der Waals surface area contributed by atoms with E-state index in [1.165, 1.54) is 0 Å². The number of benzene rings is 2. The molecule has 2 aromatic carbocycles. The van der Waals surface area contributed by atoms with E-state index in [0.717, 1.165) is 16.8 Å². The number of phenolic OH excluding ortho intramolecular Hbond substituents is 1. The minimum atomic E-state index is -0.265. The van der Waals surface area contributed by atoms with Gasteiger partial charge in [-0.15, -0.1) is 0 Å². The maximum atomic E-state index is 13.0. The van der Waals surface area contributed by atoms with E-state index in [-0.39, 0.29) is 29.1 Å². The molecule has 2 aromatic rings. The summed E-state index contributed by atoms with van der Waals surface area (Å²) >= 11 is 0. The molecule has 1 aliphatic heterocycles. The molecule has 0 saturated heterocycles. The van der Waals surface area contributed by atoms with Crippen LogP contribution in [-0.2, 0) is 15.6 Å². The second-order valence-electron chi connectivity index (χ2n) is 9.47. The average molecular weight is 395 g/mol. The van der Waals surface area contributed by atoms with Crippen molar-refractivity contribution in [1.82, 2.24) is 0 Å². The normalized spacial score (nSPS) is 14.1. The monoisotopic (exact) mass is 394 g/mol. The Morgan fingerprint density at radius 2 is 1.69 bits per heavy atom. The molecule has 0 radical (unpaired) electrons. The minimum Gasteiger partial charge on any atom is -0.508 e. The van der Waals surface area contributed by atoms with Gasteiger partial charge in [0.25, 0.3) is 5.91 Å². The predicted molar refractivity (Wildman–Crippen MR) is 118 cm³/mol. The Labute approximate surface area is 172 Å². The fourth-order valence-electron chi connectivity index (χ4n) is 3.32. The highest BCUT2D eigenvalue weighted by atomic mass is 16.5. The van der Waals surface area contributed by atoms with Gasteiger partial charge in [-0.2, -0.15) is 0 Å². The number of rotatable bonds is 2. The summed E-state index contributed by atoms with van der Waals surface area (Å²) in [5.74, 6) is 0.616. The molecular weight excluding hydrogens is 364 g/mol. The fourth-order valence-corrected chi connectivity index (χ4v) is 3.32. The molecule has 0 saturated carbocycles. The van der Waals surface area contributed by atoms with Gasteiger partial charge in [0.05, 0.1) is 11.3 Å². The van der Waals surface area contributed by atoms with Gasteiger partial charge in [0.1, 0.15) is 18.1 Å². The largest absolute Gasteiger partial charge is 0.508 e. The van der Waals surface area contributed by atoms with Gasteiger partial charge in [0, 0.05) is 18.0 Å². The Morgan fingerprint density at radius 3 is 2.34 bits per heavy atom. The SMILES string of the molecule is CC(C)(C)c1cc(C(C)(C)C)c(NC(=O)C2=CNc3ccccc3OC2)cc1O. The Morgan fingerprint density at radius 1 is 1.03 bits per heavy atom. The van der Waals surface area contributed by atoms with Crippen molar-refractivity contribution < 1.29 is 14.6 Å². The lowest BCUT2D eigenvalue weighted by Crippen LogP contribution is -2.23. The molecule has 1 aliphatic rings. The van der Waals surface area contributed by atoms with E-state index in [4.69, 9.17) is 4.74 Å². The van der Waals surface area contributed by atoms with E-state index in [1.54, 1.807) is 12.3 Å². The molecular formula is C24H30N2O3. The van der Waals surface area contributed by atoms with Gasteiger partial charge in [-0.05, 0) is 40.2 Å². The van der Waals surface area contributed by atoms with Gasteiger partial charge in [-0.3, -0.25) is 4.79 Å². The molecule has 0 aliphatic carbocycles. The van der Waals surface area contributed by atoms with Crippen LogP contribution < -0.4 is 15.4 Å². The van der Waals surface area contributed by atoms with E-state index in [2.05, 4.69) is 52.2 Å². The maximum Gasteiger partial charge on any atom is 0.256 e. The van der Waals surface area contributed by atoms with Crippen molar-refractivity contribution in [2.45, 2.75) is 52.4 Å². The highest BCUT2D eigenvalue weighted by Gasteiger charge is 2.27. The average Bonchev–Trinajstić information content (AvgIpc) is 2.82. The topological polar surface area (TPSA) is 70.6 Å². The third-order valence-corrected chi connectivity index (χ3v) is 4.96. The first-order chi connectivity index (χ1) is 13.5. The van der Waals surface area contributed by atoms with Gasteiger partial charge in [0.2, 0.25) is 0 Å². The van der Waals surface area contributed by atoms with Crippen molar-refractivity contribution in [2.75, 3.05) is 17.2 Å². The number of ether oxygens (including phenoxy) is 1. The summed E-state index contributed by atoms with van der Waals surface area (Å²) in [6, 6.07) is 11.2. The lowest BCUT2D eigenvalue weighted by Gasteiger charge is -2.28. The van der Waals surface area contributed by atoms with Crippen molar-refractivity contribution in [1.29, 1.82) is 0 Å².